The summed E-state index contributed by atoms with van der Waals surface area (Å²) in [6.45, 7) is 8.40. The minimum absolute atomic E-state index is 0.0148. The van der Waals surface area contributed by atoms with E-state index in [2.05, 4.69) is 34.4 Å². The zero-order valence-electron chi connectivity index (χ0n) is 12.9. The van der Waals surface area contributed by atoms with E-state index in [1.165, 1.54) is 11.0 Å². The molecule has 2 rings (SSSR count). The molecule has 0 saturated carbocycles. The van der Waals surface area contributed by atoms with Crippen LogP contribution in [-0.2, 0) is 11.3 Å². The lowest BCUT2D eigenvalue weighted by Crippen LogP contribution is -2.32. The number of hydrogen-bond acceptors (Lipinski definition) is 6. The Labute approximate surface area is 128 Å². The van der Waals surface area contributed by atoms with Crippen LogP contribution in [0.2, 0.25) is 0 Å². The van der Waals surface area contributed by atoms with E-state index in [0.717, 1.165) is 15.6 Å². The van der Waals surface area contributed by atoms with Crippen LogP contribution in [-0.4, -0.2) is 43.0 Å². The van der Waals surface area contributed by atoms with Crippen molar-refractivity contribution in [2.45, 2.75) is 46.2 Å². The van der Waals surface area contributed by atoms with Crippen LogP contribution >= 0.6 is 11.3 Å². The molecule has 0 radical (unpaired) electrons. The average Bonchev–Trinajstić information content (AvgIpc) is 3.06. The molecule has 7 nitrogen and oxygen atoms in total. The van der Waals surface area contributed by atoms with E-state index < -0.39 is 0 Å². The van der Waals surface area contributed by atoms with Gasteiger partial charge in [-0.2, -0.15) is 0 Å². The Bertz CT molecular complexity index is 606. The molecule has 1 atom stereocenters. The van der Waals surface area contributed by atoms with Crippen molar-refractivity contribution in [1.29, 1.82) is 0 Å². The van der Waals surface area contributed by atoms with E-state index >= 15 is 0 Å². The molecule has 0 N–H and O–H groups in total. The predicted octanol–water partition coefficient (Wildman–Crippen LogP) is 1.78. The highest BCUT2D eigenvalue weighted by Gasteiger charge is 2.23. The van der Waals surface area contributed by atoms with Crippen LogP contribution in [0, 0.1) is 6.92 Å². The highest BCUT2D eigenvalue weighted by atomic mass is 32.1. The van der Waals surface area contributed by atoms with Gasteiger partial charge in [0.05, 0.1) is 16.7 Å². The van der Waals surface area contributed by atoms with Crippen LogP contribution < -0.4 is 0 Å². The third-order valence-electron chi connectivity index (χ3n) is 3.39. The molecule has 0 spiro atoms. The number of rotatable bonds is 5. The van der Waals surface area contributed by atoms with E-state index in [9.17, 15) is 4.79 Å². The van der Waals surface area contributed by atoms with Crippen LogP contribution in [0.25, 0.3) is 0 Å². The van der Waals surface area contributed by atoms with E-state index in [4.69, 9.17) is 0 Å². The largest absolute Gasteiger partial charge is 0.337 e. The molecule has 2 aromatic heterocycles. The minimum atomic E-state index is -0.0336. The molecule has 0 aliphatic rings. The fourth-order valence-corrected chi connectivity index (χ4v) is 3.12. The standard InChI is InChI=1S/C13H20N6OS/c1-8(2)13-15-9(3)12(21-13)10(4)18(5)11(20)6-19-7-14-16-17-19/h7-8,10H,6H2,1-5H3/t10-/m0/s1. The highest BCUT2D eigenvalue weighted by molar-refractivity contribution is 7.11. The fraction of sp³-hybridized carbons (Fsp3) is 0.615. The first-order valence-electron chi connectivity index (χ1n) is 6.83. The number of amides is 1. The van der Waals surface area contributed by atoms with E-state index in [1.807, 2.05) is 13.8 Å². The van der Waals surface area contributed by atoms with Crippen molar-refractivity contribution < 1.29 is 4.79 Å². The Kier molecular flexibility index (Phi) is 4.66. The Morgan fingerprint density at radius 1 is 1.43 bits per heavy atom. The van der Waals surface area contributed by atoms with Gasteiger partial charge in [-0.15, -0.1) is 16.4 Å². The van der Waals surface area contributed by atoms with Gasteiger partial charge >= 0.3 is 0 Å². The second kappa shape index (κ2) is 6.30. The van der Waals surface area contributed by atoms with Gasteiger partial charge in [-0.25, -0.2) is 9.67 Å². The number of likely N-dealkylation sites (N-methyl/N-ethyl adjacent to an activating group) is 1. The first-order valence-corrected chi connectivity index (χ1v) is 7.65. The molecular weight excluding hydrogens is 288 g/mol. The lowest BCUT2D eigenvalue weighted by atomic mass is 10.2. The van der Waals surface area contributed by atoms with Crippen molar-refractivity contribution in [1.82, 2.24) is 30.1 Å². The molecule has 8 heteroatoms. The summed E-state index contributed by atoms with van der Waals surface area (Å²) in [6.07, 6.45) is 1.44. The molecular formula is C13H20N6OS. The van der Waals surface area contributed by atoms with Crippen molar-refractivity contribution in [2.75, 3.05) is 7.05 Å². The number of aryl methyl sites for hydroxylation is 1. The third kappa shape index (κ3) is 3.44. The quantitative estimate of drug-likeness (QED) is 0.841. The topological polar surface area (TPSA) is 76.8 Å². The Morgan fingerprint density at radius 2 is 2.14 bits per heavy atom. The average molecular weight is 308 g/mol. The number of tetrazole rings is 1. The van der Waals surface area contributed by atoms with Gasteiger partial charge in [0.25, 0.3) is 0 Å². The molecule has 2 heterocycles. The number of carbonyl (C=O) groups excluding carboxylic acids is 1. The first kappa shape index (κ1) is 15.6. The minimum Gasteiger partial charge on any atom is -0.337 e. The number of hydrogen-bond donors (Lipinski definition) is 0. The summed E-state index contributed by atoms with van der Waals surface area (Å²) in [4.78, 5) is 19.7. The summed E-state index contributed by atoms with van der Waals surface area (Å²) in [6, 6.07) is -0.0148. The zero-order valence-corrected chi connectivity index (χ0v) is 13.8. The van der Waals surface area contributed by atoms with Gasteiger partial charge in [-0.05, 0) is 24.3 Å². The van der Waals surface area contributed by atoms with Crippen molar-refractivity contribution in [2.24, 2.45) is 0 Å². The third-order valence-corrected chi connectivity index (χ3v) is 5.01. The Hall–Kier alpha value is -1.83. The maximum atomic E-state index is 12.3. The van der Waals surface area contributed by atoms with E-state index in [1.54, 1.807) is 23.3 Å². The van der Waals surface area contributed by atoms with Crippen LogP contribution in [0.1, 0.15) is 48.3 Å². The summed E-state index contributed by atoms with van der Waals surface area (Å²) < 4.78 is 1.42. The molecule has 0 aromatic carbocycles. The van der Waals surface area contributed by atoms with E-state index in [-0.39, 0.29) is 18.5 Å². The SMILES string of the molecule is Cc1nc(C(C)C)sc1[C@H](C)N(C)C(=O)Cn1cnnn1. The molecule has 2 aromatic rings. The molecule has 0 aliphatic carbocycles. The second-order valence-electron chi connectivity index (χ2n) is 5.34. The first-order chi connectivity index (χ1) is 9.90. The van der Waals surface area contributed by atoms with Gasteiger partial charge in [0, 0.05) is 17.8 Å². The monoisotopic (exact) mass is 308 g/mol. The lowest BCUT2D eigenvalue weighted by Gasteiger charge is -2.24. The molecule has 0 saturated heterocycles. The molecule has 0 unspecified atom stereocenters. The van der Waals surface area contributed by atoms with Gasteiger partial charge in [0.2, 0.25) is 5.91 Å². The second-order valence-corrected chi connectivity index (χ2v) is 6.41. The van der Waals surface area contributed by atoms with Crippen LogP contribution in [0.15, 0.2) is 6.33 Å². The van der Waals surface area contributed by atoms with Crippen LogP contribution in [0.3, 0.4) is 0 Å². The molecule has 0 aliphatic heterocycles. The predicted molar refractivity (Wildman–Crippen MR) is 79.9 cm³/mol. The maximum absolute atomic E-state index is 12.3. The molecule has 0 bridgehead atoms. The fourth-order valence-electron chi connectivity index (χ4n) is 1.96. The highest BCUT2D eigenvalue weighted by Crippen LogP contribution is 2.31. The normalized spacial score (nSPS) is 12.7. The molecule has 1 amide bonds. The molecule has 21 heavy (non-hydrogen) atoms. The molecule has 114 valence electrons. The van der Waals surface area contributed by atoms with Crippen molar-refractivity contribution in [3.05, 3.63) is 21.9 Å². The van der Waals surface area contributed by atoms with Crippen molar-refractivity contribution in [3.8, 4) is 0 Å². The zero-order chi connectivity index (χ0) is 15.6. The van der Waals surface area contributed by atoms with Gasteiger partial charge in [-0.1, -0.05) is 13.8 Å². The van der Waals surface area contributed by atoms with Gasteiger partial charge in [0.1, 0.15) is 12.9 Å². The number of nitrogens with zero attached hydrogens (tertiary/aromatic N) is 6. The number of thiazole rings is 1. The Morgan fingerprint density at radius 3 is 2.67 bits per heavy atom. The summed E-state index contributed by atoms with van der Waals surface area (Å²) in [5.41, 5.74) is 0.998. The summed E-state index contributed by atoms with van der Waals surface area (Å²) in [7, 11) is 1.80. The summed E-state index contributed by atoms with van der Waals surface area (Å²) in [5, 5.41) is 11.9. The summed E-state index contributed by atoms with van der Waals surface area (Å²) >= 11 is 1.68. The maximum Gasteiger partial charge on any atom is 0.244 e. The Balaban J connectivity index is 2.11. The van der Waals surface area contributed by atoms with E-state index in [0.29, 0.717) is 5.92 Å². The van der Waals surface area contributed by atoms with Gasteiger partial charge in [0.15, 0.2) is 0 Å². The smallest absolute Gasteiger partial charge is 0.244 e. The van der Waals surface area contributed by atoms with Gasteiger partial charge < -0.3 is 4.90 Å². The van der Waals surface area contributed by atoms with Crippen LogP contribution in [0.4, 0.5) is 0 Å². The number of aromatic nitrogens is 5. The number of carbonyl (C=O) groups is 1. The van der Waals surface area contributed by atoms with Crippen molar-refractivity contribution >= 4 is 17.2 Å². The summed E-state index contributed by atoms with van der Waals surface area (Å²) in [5.74, 6) is 0.366. The lowest BCUT2D eigenvalue weighted by molar-refractivity contribution is -0.132. The van der Waals surface area contributed by atoms with Gasteiger partial charge in [-0.3, -0.25) is 4.79 Å². The van der Waals surface area contributed by atoms with Crippen molar-refractivity contribution in [3.63, 3.8) is 0 Å². The van der Waals surface area contributed by atoms with Crippen LogP contribution in [0.5, 0.6) is 0 Å². The molecule has 0 fully saturated rings.